The molecule has 0 unspecified atom stereocenters. The van der Waals surface area contributed by atoms with Gasteiger partial charge in [-0.15, -0.1) is 0 Å². The van der Waals surface area contributed by atoms with Gasteiger partial charge in [-0.1, -0.05) is 172 Å². The lowest BCUT2D eigenvalue weighted by molar-refractivity contribution is 1.50. The fourth-order valence-corrected chi connectivity index (χ4v) is 10.2. The molecule has 1 nitrogen and oxygen atoms in total. The summed E-state index contributed by atoms with van der Waals surface area (Å²) in [5, 5.41) is 10.3. The second-order valence-electron chi connectivity index (χ2n) is 9.70. The molecule has 204 valence electrons. The molecule has 0 atom stereocenters. The van der Waals surface area contributed by atoms with Gasteiger partial charge in [0.15, 0.2) is 0 Å². The van der Waals surface area contributed by atoms with Crippen LogP contribution in [0.4, 0.5) is 0 Å². The molecule has 7 rings (SSSR count). The predicted molar refractivity (Wildman–Crippen MR) is 188 cm³/mol. The minimum Gasteiger partial charge on any atom is -0.246 e. The average molecular weight is 578 g/mol. The van der Waals surface area contributed by atoms with Crippen molar-refractivity contribution in [2.24, 2.45) is 0 Å². The van der Waals surface area contributed by atoms with Crippen molar-refractivity contribution in [1.82, 2.24) is 4.98 Å². The highest BCUT2D eigenvalue weighted by molar-refractivity contribution is 7.80. The van der Waals surface area contributed by atoms with Gasteiger partial charge in [0.25, 0.3) is 0 Å². The molecule has 6 aromatic carbocycles. The smallest absolute Gasteiger partial charge is 0.0793 e. The monoisotopic (exact) mass is 577 g/mol. The van der Waals surface area contributed by atoms with Gasteiger partial charge in [-0.25, -0.2) is 4.98 Å². The van der Waals surface area contributed by atoms with Crippen LogP contribution in [0.3, 0.4) is 0 Å². The molecule has 0 fully saturated rings. The Morgan fingerprint density at radius 3 is 0.976 bits per heavy atom. The maximum Gasteiger partial charge on any atom is 0.0793 e. The van der Waals surface area contributed by atoms with Crippen LogP contribution in [0.1, 0.15) is 13.8 Å². The Labute approximate surface area is 251 Å². The van der Waals surface area contributed by atoms with Crippen molar-refractivity contribution >= 4 is 69.5 Å². The molecule has 0 bridgehead atoms. The summed E-state index contributed by atoms with van der Waals surface area (Å²) in [6.07, 6.45) is 0. The molecule has 0 N–H and O–H groups in total. The molecule has 0 saturated heterocycles. The van der Waals surface area contributed by atoms with Crippen molar-refractivity contribution in [1.29, 1.82) is 0 Å². The lowest BCUT2D eigenvalue weighted by atomic mass is 10.1. The zero-order valence-corrected chi connectivity index (χ0v) is 25.7. The summed E-state index contributed by atoms with van der Waals surface area (Å²) in [5.74, 6) is 0. The molecule has 0 saturated carbocycles. The van der Waals surface area contributed by atoms with E-state index in [1.165, 1.54) is 42.6 Å². The van der Waals surface area contributed by atoms with Crippen LogP contribution < -0.4 is 31.8 Å². The lowest BCUT2D eigenvalue weighted by Crippen LogP contribution is -2.23. The highest BCUT2D eigenvalue weighted by Gasteiger charge is 2.22. The SMILES string of the molecule is CC.c1ccc(P(c2ccccc2)c2cccc3cc4cccc(P(c5ccccc5)c5ccccc5)c4nc23)cc1. The van der Waals surface area contributed by atoms with Gasteiger partial charge in [0.2, 0.25) is 0 Å². The third-order valence-corrected chi connectivity index (χ3v) is 12.1. The third-order valence-electron chi connectivity index (χ3n) is 7.17. The molecule has 0 aliphatic carbocycles. The number of aromatic nitrogens is 1. The van der Waals surface area contributed by atoms with E-state index in [0.717, 1.165) is 11.0 Å². The van der Waals surface area contributed by atoms with Crippen LogP contribution in [0, 0.1) is 0 Å². The summed E-state index contributed by atoms with van der Waals surface area (Å²) in [5.41, 5.74) is 2.19. The van der Waals surface area contributed by atoms with E-state index in [4.69, 9.17) is 4.98 Å². The van der Waals surface area contributed by atoms with Crippen LogP contribution in [0.2, 0.25) is 0 Å². The number of fused-ring (bicyclic) bond motifs is 2. The highest BCUT2D eigenvalue weighted by atomic mass is 31.1. The van der Waals surface area contributed by atoms with Gasteiger partial charge in [0.05, 0.1) is 11.0 Å². The van der Waals surface area contributed by atoms with Crippen molar-refractivity contribution in [3.05, 3.63) is 164 Å². The largest absolute Gasteiger partial charge is 0.246 e. The summed E-state index contributed by atoms with van der Waals surface area (Å²) in [6.45, 7) is 4.00. The van der Waals surface area contributed by atoms with Crippen molar-refractivity contribution in [2.75, 3.05) is 0 Å². The van der Waals surface area contributed by atoms with Gasteiger partial charge < -0.3 is 0 Å². The van der Waals surface area contributed by atoms with Crippen molar-refractivity contribution in [3.8, 4) is 0 Å². The quantitative estimate of drug-likeness (QED) is 0.145. The fourth-order valence-electron chi connectivity index (χ4n) is 5.38. The third kappa shape index (κ3) is 5.64. The van der Waals surface area contributed by atoms with Gasteiger partial charge in [-0.05, 0) is 43.1 Å². The number of pyridine rings is 1. The molecule has 0 radical (unpaired) electrons. The zero-order chi connectivity index (χ0) is 28.7. The Hall–Kier alpha value is -4.15. The maximum atomic E-state index is 5.55. The fraction of sp³-hybridized carbons (Fsp3) is 0.0513. The molecule has 0 amide bonds. The second-order valence-corrected chi connectivity index (χ2v) is 14.1. The first kappa shape index (κ1) is 28.0. The summed E-state index contributed by atoms with van der Waals surface area (Å²) in [6, 6.07) is 59.3. The van der Waals surface area contributed by atoms with Crippen LogP contribution in [-0.4, -0.2) is 4.98 Å². The Morgan fingerprint density at radius 1 is 0.357 bits per heavy atom. The zero-order valence-electron chi connectivity index (χ0n) is 23.9. The normalized spacial score (nSPS) is 11.0. The van der Waals surface area contributed by atoms with E-state index < -0.39 is 15.8 Å². The molecule has 1 heterocycles. The Balaban J connectivity index is 0.00000155. The predicted octanol–water partition coefficient (Wildman–Crippen LogP) is 7.93. The van der Waals surface area contributed by atoms with E-state index in [1.54, 1.807) is 0 Å². The molecule has 0 aliphatic rings. The minimum atomic E-state index is -0.771. The first-order valence-corrected chi connectivity index (χ1v) is 17.2. The number of nitrogens with zero attached hydrogens (tertiary/aromatic N) is 1. The first-order chi connectivity index (χ1) is 20.9. The number of rotatable bonds is 6. The minimum absolute atomic E-state index is 0.771. The topological polar surface area (TPSA) is 12.9 Å². The Kier molecular flexibility index (Phi) is 8.81. The van der Waals surface area contributed by atoms with E-state index in [2.05, 4.69) is 164 Å². The van der Waals surface area contributed by atoms with Crippen molar-refractivity contribution < 1.29 is 0 Å². The molecule has 42 heavy (non-hydrogen) atoms. The van der Waals surface area contributed by atoms with E-state index in [0.29, 0.717) is 0 Å². The van der Waals surface area contributed by atoms with Gasteiger partial charge in [0.1, 0.15) is 0 Å². The number of hydrogen-bond acceptors (Lipinski definition) is 1. The molecular weight excluding hydrogens is 544 g/mol. The standard InChI is InChI=1S/C37H27NP2.C2H6/c1-5-17-30(18-6-1)39(31-19-7-2-8-20-31)34-25-13-15-28-27-29-16-14-26-35(37(29)38-36(28)34)40(32-21-9-3-10-22-32)33-23-11-4-12-24-33;1-2/h1-27H;1-2H3. The summed E-state index contributed by atoms with van der Waals surface area (Å²) < 4.78 is 0. The average Bonchev–Trinajstić information content (AvgIpc) is 3.07. The summed E-state index contributed by atoms with van der Waals surface area (Å²) in [7, 11) is -1.54. The molecule has 0 aliphatic heterocycles. The van der Waals surface area contributed by atoms with Crippen LogP contribution in [0.25, 0.3) is 21.8 Å². The van der Waals surface area contributed by atoms with Gasteiger partial charge in [-0.3, -0.25) is 0 Å². The van der Waals surface area contributed by atoms with Crippen molar-refractivity contribution in [2.45, 2.75) is 13.8 Å². The number of hydrogen-bond donors (Lipinski definition) is 0. The summed E-state index contributed by atoms with van der Waals surface area (Å²) in [4.78, 5) is 5.55. The molecule has 1 aromatic heterocycles. The highest BCUT2D eigenvalue weighted by Crippen LogP contribution is 2.38. The second kappa shape index (κ2) is 13.2. The van der Waals surface area contributed by atoms with Gasteiger partial charge >= 0.3 is 0 Å². The van der Waals surface area contributed by atoms with E-state index >= 15 is 0 Å². The van der Waals surface area contributed by atoms with Crippen LogP contribution in [0.15, 0.2) is 164 Å². The molecular formula is C39H33NP2. The van der Waals surface area contributed by atoms with Crippen LogP contribution in [0.5, 0.6) is 0 Å². The summed E-state index contributed by atoms with van der Waals surface area (Å²) >= 11 is 0. The first-order valence-electron chi connectivity index (χ1n) is 14.5. The van der Waals surface area contributed by atoms with E-state index in [1.807, 2.05) is 13.8 Å². The maximum absolute atomic E-state index is 5.55. The number of benzene rings is 6. The Morgan fingerprint density at radius 2 is 0.667 bits per heavy atom. The van der Waals surface area contributed by atoms with E-state index in [9.17, 15) is 0 Å². The number of para-hydroxylation sites is 2. The van der Waals surface area contributed by atoms with Gasteiger partial charge in [-0.2, -0.15) is 0 Å². The van der Waals surface area contributed by atoms with Crippen molar-refractivity contribution in [3.63, 3.8) is 0 Å². The molecule has 7 aromatic rings. The van der Waals surface area contributed by atoms with Crippen LogP contribution >= 0.6 is 15.8 Å². The molecule has 3 heteroatoms. The molecule has 0 spiro atoms. The Bertz CT molecular complexity index is 1670. The van der Waals surface area contributed by atoms with Crippen LogP contribution in [-0.2, 0) is 0 Å². The van der Waals surface area contributed by atoms with E-state index in [-0.39, 0.29) is 0 Å². The lowest BCUT2D eigenvalue weighted by Gasteiger charge is -2.23. The van der Waals surface area contributed by atoms with Gasteiger partial charge in [0, 0.05) is 21.4 Å².